The van der Waals surface area contributed by atoms with Crippen molar-refractivity contribution in [3.63, 3.8) is 0 Å². The molecule has 1 atom stereocenters. The first-order valence-electron chi connectivity index (χ1n) is 9.26. The number of Topliss-reactive ketones (excluding diaryl/α,β-unsaturated/α-hetero) is 1. The molecule has 0 saturated carbocycles. The monoisotopic (exact) mass is 376 g/mol. The zero-order valence-electron chi connectivity index (χ0n) is 17.7. The van der Waals surface area contributed by atoms with Gasteiger partial charge in [0.25, 0.3) is 0 Å². The van der Waals surface area contributed by atoms with Gasteiger partial charge in [0.1, 0.15) is 11.2 Å². The number of esters is 2. The quantitative estimate of drug-likeness (QED) is 0.409. The van der Waals surface area contributed by atoms with Gasteiger partial charge in [-0.3, -0.25) is 14.4 Å². The summed E-state index contributed by atoms with van der Waals surface area (Å²) in [6.45, 7) is 14.0. The van der Waals surface area contributed by atoms with Crippen LogP contribution in [0.2, 0.25) is 0 Å². The predicted octanol–water partition coefficient (Wildman–Crippen LogP) is 4.68. The minimum atomic E-state index is -1.01. The van der Waals surface area contributed by atoms with Crippen LogP contribution in [0.1, 0.15) is 83.7 Å². The Morgan fingerprint density at radius 2 is 1.26 bits per heavy atom. The molecule has 1 aromatic carbocycles. The van der Waals surface area contributed by atoms with E-state index in [-0.39, 0.29) is 18.1 Å². The molecule has 27 heavy (non-hydrogen) atoms. The Balaban J connectivity index is 3.02. The Morgan fingerprint density at radius 1 is 0.852 bits per heavy atom. The van der Waals surface area contributed by atoms with Gasteiger partial charge >= 0.3 is 11.9 Å². The Kier molecular flexibility index (Phi) is 7.35. The molecule has 0 radical (unpaired) electrons. The van der Waals surface area contributed by atoms with Crippen LogP contribution in [-0.4, -0.2) is 28.9 Å². The fraction of sp³-hybridized carbons (Fsp3) is 0.591. The lowest BCUT2D eigenvalue weighted by Crippen LogP contribution is -2.37. The van der Waals surface area contributed by atoms with Gasteiger partial charge in [0, 0.05) is 5.56 Å². The highest BCUT2D eigenvalue weighted by Crippen LogP contribution is 2.28. The highest BCUT2D eigenvalue weighted by molar-refractivity contribution is 5.95. The van der Waals surface area contributed by atoms with Crippen molar-refractivity contribution in [3.8, 4) is 0 Å². The third kappa shape index (κ3) is 7.94. The summed E-state index contributed by atoms with van der Waals surface area (Å²) >= 11 is 0. The van der Waals surface area contributed by atoms with E-state index in [1.54, 1.807) is 53.7 Å². The van der Waals surface area contributed by atoms with Crippen molar-refractivity contribution in [2.24, 2.45) is 5.92 Å². The molecule has 1 rings (SSSR count). The number of rotatable bonds is 6. The first kappa shape index (κ1) is 22.9. The topological polar surface area (TPSA) is 69.7 Å². The standard InChI is InChI=1S/C22H32O5/c1-14(16-9-11-17(12-10-16)15(2)23)13-18(19(24)26-21(3,4)5)20(25)27-22(6,7)8/h9-12,14,18H,13H2,1-8H3. The summed E-state index contributed by atoms with van der Waals surface area (Å²) in [5.74, 6) is -2.26. The van der Waals surface area contributed by atoms with E-state index in [2.05, 4.69) is 0 Å². The van der Waals surface area contributed by atoms with Crippen LogP contribution < -0.4 is 0 Å². The van der Waals surface area contributed by atoms with Crippen LogP contribution in [0.5, 0.6) is 0 Å². The molecule has 150 valence electrons. The van der Waals surface area contributed by atoms with Crippen LogP contribution in [0.4, 0.5) is 0 Å². The van der Waals surface area contributed by atoms with Gasteiger partial charge in [0.15, 0.2) is 11.7 Å². The fourth-order valence-corrected chi connectivity index (χ4v) is 2.57. The maximum atomic E-state index is 12.6. The Bertz CT molecular complexity index is 646. The first-order chi connectivity index (χ1) is 12.2. The molecule has 0 aromatic heterocycles. The number of hydrogen-bond acceptors (Lipinski definition) is 5. The van der Waals surface area contributed by atoms with Gasteiger partial charge < -0.3 is 9.47 Å². The van der Waals surface area contributed by atoms with E-state index in [9.17, 15) is 14.4 Å². The molecule has 0 aliphatic rings. The number of benzene rings is 1. The molecule has 0 fully saturated rings. The largest absolute Gasteiger partial charge is 0.459 e. The first-order valence-corrected chi connectivity index (χ1v) is 9.26. The summed E-state index contributed by atoms with van der Waals surface area (Å²) < 4.78 is 10.9. The van der Waals surface area contributed by atoms with Crippen LogP contribution in [-0.2, 0) is 19.1 Å². The second-order valence-electron chi connectivity index (χ2n) is 8.93. The summed E-state index contributed by atoms with van der Waals surface area (Å²) in [4.78, 5) is 36.7. The number of ether oxygens (including phenoxy) is 2. The number of carbonyl (C=O) groups is 3. The molecule has 1 aromatic rings. The van der Waals surface area contributed by atoms with E-state index in [0.29, 0.717) is 5.56 Å². The maximum absolute atomic E-state index is 12.6. The molecule has 0 spiro atoms. The van der Waals surface area contributed by atoms with E-state index < -0.39 is 29.1 Å². The van der Waals surface area contributed by atoms with Crippen LogP contribution in [0, 0.1) is 5.92 Å². The molecule has 5 heteroatoms. The normalized spacial score (nSPS) is 13.2. The van der Waals surface area contributed by atoms with Crippen molar-refractivity contribution < 1.29 is 23.9 Å². The van der Waals surface area contributed by atoms with Gasteiger partial charge in [-0.1, -0.05) is 31.2 Å². The third-order valence-electron chi connectivity index (χ3n) is 3.86. The summed E-state index contributed by atoms with van der Waals surface area (Å²) in [7, 11) is 0. The van der Waals surface area contributed by atoms with Gasteiger partial charge in [0.05, 0.1) is 0 Å². The van der Waals surface area contributed by atoms with Crippen molar-refractivity contribution in [3.05, 3.63) is 35.4 Å². The minimum Gasteiger partial charge on any atom is -0.459 e. The van der Waals surface area contributed by atoms with Crippen LogP contribution in [0.3, 0.4) is 0 Å². The summed E-state index contributed by atoms with van der Waals surface area (Å²) in [6, 6.07) is 7.21. The van der Waals surface area contributed by atoms with Crippen LogP contribution >= 0.6 is 0 Å². The van der Waals surface area contributed by atoms with Gasteiger partial charge in [-0.25, -0.2) is 0 Å². The molecular formula is C22H32O5. The molecular weight excluding hydrogens is 344 g/mol. The molecule has 1 unspecified atom stereocenters. The van der Waals surface area contributed by atoms with E-state index in [1.165, 1.54) is 6.92 Å². The predicted molar refractivity (Wildman–Crippen MR) is 105 cm³/mol. The lowest BCUT2D eigenvalue weighted by molar-refractivity contribution is -0.175. The van der Waals surface area contributed by atoms with Crippen molar-refractivity contribution in [1.82, 2.24) is 0 Å². The molecule has 0 saturated heterocycles. The van der Waals surface area contributed by atoms with E-state index in [1.807, 2.05) is 19.1 Å². The molecule has 0 aliphatic heterocycles. The zero-order chi connectivity index (χ0) is 21.0. The number of hydrogen-bond donors (Lipinski definition) is 0. The van der Waals surface area contributed by atoms with Gasteiger partial charge in [0.2, 0.25) is 0 Å². The lowest BCUT2D eigenvalue weighted by Gasteiger charge is -2.27. The van der Waals surface area contributed by atoms with Crippen molar-refractivity contribution in [1.29, 1.82) is 0 Å². The van der Waals surface area contributed by atoms with Crippen LogP contribution in [0.25, 0.3) is 0 Å². The van der Waals surface area contributed by atoms with Crippen molar-refractivity contribution >= 4 is 17.7 Å². The van der Waals surface area contributed by atoms with E-state index in [0.717, 1.165) is 5.56 Å². The fourth-order valence-electron chi connectivity index (χ4n) is 2.57. The van der Waals surface area contributed by atoms with Gasteiger partial charge in [-0.2, -0.15) is 0 Å². The average Bonchev–Trinajstić information content (AvgIpc) is 2.48. The Morgan fingerprint density at radius 3 is 1.59 bits per heavy atom. The highest BCUT2D eigenvalue weighted by atomic mass is 16.6. The number of ketones is 1. The van der Waals surface area contributed by atoms with Crippen LogP contribution in [0.15, 0.2) is 24.3 Å². The summed E-state index contributed by atoms with van der Waals surface area (Å²) in [5.41, 5.74) is 0.187. The molecule has 0 aliphatic carbocycles. The SMILES string of the molecule is CC(=O)c1ccc(C(C)CC(C(=O)OC(C)(C)C)C(=O)OC(C)(C)C)cc1. The molecule has 0 heterocycles. The van der Waals surface area contributed by atoms with E-state index in [4.69, 9.17) is 9.47 Å². The molecule has 5 nitrogen and oxygen atoms in total. The number of carbonyl (C=O) groups excluding carboxylic acids is 3. The summed E-state index contributed by atoms with van der Waals surface area (Å²) in [5, 5.41) is 0. The molecule has 0 bridgehead atoms. The second kappa shape index (κ2) is 8.68. The minimum absolute atomic E-state index is 0.00501. The summed E-state index contributed by atoms with van der Waals surface area (Å²) in [6.07, 6.45) is 0.267. The van der Waals surface area contributed by atoms with Crippen molar-refractivity contribution in [2.75, 3.05) is 0 Å². The van der Waals surface area contributed by atoms with E-state index >= 15 is 0 Å². The Labute approximate surface area is 162 Å². The van der Waals surface area contributed by atoms with Gasteiger partial charge in [-0.15, -0.1) is 0 Å². The second-order valence-corrected chi connectivity index (χ2v) is 8.93. The zero-order valence-corrected chi connectivity index (χ0v) is 17.7. The highest BCUT2D eigenvalue weighted by Gasteiger charge is 2.36. The Hall–Kier alpha value is -2.17. The van der Waals surface area contributed by atoms with Gasteiger partial charge in [-0.05, 0) is 66.4 Å². The third-order valence-corrected chi connectivity index (χ3v) is 3.86. The lowest BCUT2D eigenvalue weighted by atomic mass is 9.89. The molecule has 0 N–H and O–H groups in total. The smallest absolute Gasteiger partial charge is 0.320 e. The average molecular weight is 376 g/mol. The van der Waals surface area contributed by atoms with Crippen molar-refractivity contribution in [2.45, 2.75) is 78.9 Å². The molecule has 0 amide bonds. The maximum Gasteiger partial charge on any atom is 0.320 e.